The lowest BCUT2D eigenvalue weighted by atomic mass is 10.1. The fraction of sp³-hybridized carbons (Fsp3) is 0.786. The number of likely N-dealkylation sites (N-methyl/N-ethyl adjacent to an activating group) is 1. The quantitative estimate of drug-likeness (QED) is 0.845. The molecular formula is C14H25N5O2S. The van der Waals surface area contributed by atoms with Gasteiger partial charge < -0.3 is 4.90 Å². The van der Waals surface area contributed by atoms with Crippen LogP contribution in [0.1, 0.15) is 18.3 Å². The SMILES string of the molecule is CCN1CCN(C2CN(S(=O)(=O)c3c(C)n[nH]c3C)C2)CC1. The van der Waals surface area contributed by atoms with Gasteiger partial charge in [0.25, 0.3) is 0 Å². The monoisotopic (exact) mass is 327 g/mol. The lowest BCUT2D eigenvalue weighted by Gasteiger charge is -2.47. The summed E-state index contributed by atoms with van der Waals surface area (Å²) in [6.45, 7) is 12.2. The van der Waals surface area contributed by atoms with Crippen molar-refractivity contribution in [2.75, 3.05) is 45.8 Å². The van der Waals surface area contributed by atoms with Gasteiger partial charge in [-0.25, -0.2) is 8.42 Å². The number of aromatic nitrogens is 2. The highest BCUT2D eigenvalue weighted by Crippen LogP contribution is 2.27. The Hall–Kier alpha value is -0.960. The van der Waals surface area contributed by atoms with Crippen molar-refractivity contribution in [2.45, 2.75) is 31.7 Å². The summed E-state index contributed by atoms with van der Waals surface area (Å²) in [5, 5.41) is 6.76. The van der Waals surface area contributed by atoms with Gasteiger partial charge in [0.1, 0.15) is 4.90 Å². The summed E-state index contributed by atoms with van der Waals surface area (Å²) < 4.78 is 26.9. The predicted octanol–water partition coefficient (Wildman–Crippen LogP) is 0.0369. The molecule has 124 valence electrons. The number of hydrogen-bond acceptors (Lipinski definition) is 5. The van der Waals surface area contributed by atoms with Gasteiger partial charge in [-0.2, -0.15) is 9.40 Å². The summed E-state index contributed by atoms with van der Waals surface area (Å²) in [6.07, 6.45) is 0. The highest BCUT2D eigenvalue weighted by molar-refractivity contribution is 7.89. The zero-order valence-corrected chi connectivity index (χ0v) is 14.4. The number of rotatable bonds is 4. The van der Waals surface area contributed by atoms with Crippen LogP contribution in [0.4, 0.5) is 0 Å². The molecule has 8 heteroatoms. The molecule has 0 aromatic carbocycles. The van der Waals surface area contributed by atoms with E-state index in [-0.39, 0.29) is 0 Å². The second-order valence-corrected chi connectivity index (χ2v) is 8.08. The van der Waals surface area contributed by atoms with E-state index in [2.05, 4.69) is 26.9 Å². The van der Waals surface area contributed by atoms with Crippen molar-refractivity contribution in [3.63, 3.8) is 0 Å². The molecule has 2 fully saturated rings. The fourth-order valence-electron chi connectivity index (χ4n) is 3.34. The Morgan fingerprint density at radius 2 is 1.82 bits per heavy atom. The topological polar surface area (TPSA) is 72.5 Å². The highest BCUT2D eigenvalue weighted by atomic mass is 32.2. The Balaban J connectivity index is 1.62. The van der Waals surface area contributed by atoms with Gasteiger partial charge in [-0.3, -0.25) is 10.00 Å². The first kappa shape index (κ1) is 15.9. The molecule has 0 radical (unpaired) electrons. The molecule has 0 atom stereocenters. The number of nitrogens with zero attached hydrogens (tertiary/aromatic N) is 4. The summed E-state index contributed by atoms with van der Waals surface area (Å²) in [5.41, 5.74) is 1.18. The zero-order chi connectivity index (χ0) is 15.9. The minimum atomic E-state index is -3.40. The van der Waals surface area contributed by atoms with Crippen LogP contribution >= 0.6 is 0 Å². The molecule has 2 aliphatic heterocycles. The number of aryl methyl sites for hydroxylation is 2. The lowest BCUT2D eigenvalue weighted by molar-refractivity contribution is 0.0425. The largest absolute Gasteiger partial charge is 0.301 e. The van der Waals surface area contributed by atoms with E-state index in [1.165, 1.54) is 0 Å². The average molecular weight is 327 g/mol. The normalized spacial score (nSPS) is 22.9. The molecule has 0 bridgehead atoms. The third-order valence-corrected chi connectivity index (χ3v) is 6.95. The minimum Gasteiger partial charge on any atom is -0.301 e. The maximum absolute atomic E-state index is 12.7. The third kappa shape index (κ3) is 2.68. The van der Waals surface area contributed by atoms with Crippen LogP contribution in [0.5, 0.6) is 0 Å². The lowest BCUT2D eigenvalue weighted by Crippen LogP contribution is -2.64. The van der Waals surface area contributed by atoms with Crippen LogP contribution in [0.25, 0.3) is 0 Å². The number of H-pyrrole nitrogens is 1. The van der Waals surface area contributed by atoms with Crippen molar-refractivity contribution in [1.29, 1.82) is 0 Å². The molecule has 22 heavy (non-hydrogen) atoms. The Bertz CT molecular complexity index is 608. The second kappa shape index (κ2) is 5.92. The van der Waals surface area contributed by atoms with Gasteiger partial charge in [-0.1, -0.05) is 6.92 Å². The second-order valence-electron chi connectivity index (χ2n) is 6.21. The van der Waals surface area contributed by atoms with Gasteiger partial charge in [-0.15, -0.1) is 0 Å². The summed E-state index contributed by atoms with van der Waals surface area (Å²) in [7, 11) is -3.40. The summed E-state index contributed by atoms with van der Waals surface area (Å²) >= 11 is 0. The zero-order valence-electron chi connectivity index (χ0n) is 13.5. The average Bonchev–Trinajstić information content (AvgIpc) is 2.77. The molecule has 7 nitrogen and oxygen atoms in total. The van der Waals surface area contributed by atoms with E-state index in [1.54, 1.807) is 18.2 Å². The minimum absolute atomic E-state index is 0.349. The van der Waals surface area contributed by atoms with E-state index in [9.17, 15) is 8.42 Å². The Kier molecular flexibility index (Phi) is 4.28. The molecule has 0 unspecified atom stereocenters. The van der Waals surface area contributed by atoms with Crippen molar-refractivity contribution in [1.82, 2.24) is 24.3 Å². The smallest absolute Gasteiger partial charge is 0.246 e. The summed E-state index contributed by atoms with van der Waals surface area (Å²) in [4.78, 5) is 5.21. The molecule has 1 aromatic heterocycles. The molecule has 3 rings (SSSR count). The highest BCUT2D eigenvalue weighted by Gasteiger charge is 2.41. The van der Waals surface area contributed by atoms with Gasteiger partial charge >= 0.3 is 0 Å². The molecule has 0 amide bonds. The number of nitrogens with one attached hydrogen (secondary N) is 1. The number of piperazine rings is 1. The van der Waals surface area contributed by atoms with E-state index in [0.29, 0.717) is 35.4 Å². The first-order chi connectivity index (χ1) is 10.4. The van der Waals surface area contributed by atoms with E-state index < -0.39 is 10.0 Å². The third-order valence-electron chi connectivity index (χ3n) is 4.86. The van der Waals surface area contributed by atoms with Crippen LogP contribution in [0.2, 0.25) is 0 Å². The molecule has 0 spiro atoms. The van der Waals surface area contributed by atoms with Gasteiger partial charge in [0, 0.05) is 45.3 Å². The van der Waals surface area contributed by atoms with E-state index in [4.69, 9.17) is 0 Å². The van der Waals surface area contributed by atoms with Crippen molar-refractivity contribution >= 4 is 10.0 Å². The van der Waals surface area contributed by atoms with Crippen LogP contribution in [0.15, 0.2) is 4.90 Å². The van der Waals surface area contributed by atoms with Crippen LogP contribution in [-0.4, -0.2) is 84.6 Å². The Morgan fingerprint density at radius 3 is 2.32 bits per heavy atom. The molecule has 0 aliphatic carbocycles. The first-order valence-electron chi connectivity index (χ1n) is 7.91. The van der Waals surface area contributed by atoms with Crippen LogP contribution in [0.3, 0.4) is 0 Å². The number of sulfonamides is 1. The molecule has 1 aromatic rings. The van der Waals surface area contributed by atoms with E-state index in [0.717, 1.165) is 32.7 Å². The molecule has 3 heterocycles. The molecule has 2 aliphatic rings. The number of aromatic amines is 1. The summed E-state index contributed by atoms with van der Waals surface area (Å²) in [6, 6.07) is 0.362. The van der Waals surface area contributed by atoms with Crippen molar-refractivity contribution < 1.29 is 8.42 Å². The predicted molar refractivity (Wildman–Crippen MR) is 84.3 cm³/mol. The van der Waals surface area contributed by atoms with Crippen molar-refractivity contribution in [3.8, 4) is 0 Å². The molecular weight excluding hydrogens is 302 g/mol. The molecule has 0 saturated carbocycles. The standard InChI is InChI=1S/C14H25N5O2S/c1-4-17-5-7-18(8-6-17)13-9-19(10-13)22(20,21)14-11(2)15-16-12(14)3/h13H,4-10H2,1-3H3,(H,15,16). The maximum Gasteiger partial charge on any atom is 0.246 e. The van der Waals surface area contributed by atoms with Crippen molar-refractivity contribution in [3.05, 3.63) is 11.4 Å². The van der Waals surface area contributed by atoms with Gasteiger partial charge in [0.05, 0.1) is 11.4 Å². The molecule has 1 N–H and O–H groups in total. The van der Waals surface area contributed by atoms with Crippen LogP contribution < -0.4 is 0 Å². The van der Waals surface area contributed by atoms with Crippen molar-refractivity contribution in [2.24, 2.45) is 0 Å². The number of hydrogen-bond donors (Lipinski definition) is 1. The van der Waals surface area contributed by atoms with Gasteiger partial charge in [-0.05, 0) is 20.4 Å². The first-order valence-corrected chi connectivity index (χ1v) is 9.35. The van der Waals surface area contributed by atoms with Crippen LogP contribution in [-0.2, 0) is 10.0 Å². The van der Waals surface area contributed by atoms with Crippen LogP contribution in [0, 0.1) is 13.8 Å². The fourth-order valence-corrected chi connectivity index (χ4v) is 5.18. The Labute approximate surface area is 132 Å². The summed E-state index contributed by atoms with van der Waals surface area (Å²) in [5.74, 6) is 0. The maximum atomic E-state index is 12.7. The van der Waals surface area contributed by atoms with E-state index >= 15 is 0 Å². The molecule has 2 saturated heterocycles. The van der Waals surface area contributed by atoms with E-state index in [1.807, 2.05) is 0 Å². The Morgan fingerprint density at radius 1 is 1.18 bits per heavy atom. The van der Waals surface area contributed by atoms with Gasteiger partial charge in [0.15, 0.2) is 0 Å². The van der Waals surface area contributed by atoms with Gasteiger partial charge in [0.2, 0.25) is 10.0 Å².